The Morgan fingerprint density at radius 2 is 2.00 bits per heavy atom. The van der Waals surface area contributed by atoms with Gasteiger partial charge in [-0.1, -0.05) is 30.3 Å². The van der Waals surface area contributed by atoms with Crippen LogP contribution < -0.4 is 5.56 Å². The van der Waals surface area contributed by atoms with Crippen molar-refractivity contribution >= 4 is 16.8 Å². The molecule has 0 spiro atoms. The van der Waals surface area contributed by atoms with E-state index in [9.17, 15) is 9.59 Å². The summed E-state index contributed by atoms with van der Waals surface area (Å²) in [6, 6.07) is 11.2. The third kappa shape index (κ3) is 3.05. The van der Waals surface area contributed by atoms with Crippen molar-refractivity contribution in [3.63, 3.8) is 0 Å². The monoisotopic (exact) mass is 262 g/mol. The maximum absolute atomic E-state index is 11.5. The molecule has 0 bridgehead atoms. The van der Waals surface area contributed by atoms with Gasteiger partial charge in [-0.3, -0.25) is 9.59 Å². The largest absolute Gasteiger partial charge is 0.281 e. The molecule has 1 N–H and O–H groups in total. The Labute approximate surface area is 109 Å². The molecule has 2 aromatic rings. The fraction of sp³-hybridized carbons (Fsp3) is 0.154. The second-order valence-corrected chi connectivity index (χ2v) is 4.25. The van der Waals surface area contributed by atoms with Gasteiger partial charge in [-0.25, -0.2) is 5.10 Å². The van der Waals surface area contributed by atoms with Crippen molar-refractivity contribution in [2.45, 2.75) is 12.8 Å². The topological polar surface area (TPSA) is 62.8 Å². The first kappa shape index (κ1) is 12.5. The predicted octanol–water partition coefficient (Wildman–Crippen LogP) is 2.13. The molecule has 0 saturated heterocycles. The highest BCUT2D eigenvalue weighted by atomic mass is 35.5. The maximum Gasteiger partial charge on any atom is 0.267 e. The molecule has 0 amide bonds. The van der Waals surface area contributed by atoms with Gasteiger partial charge in [0.15, 0.2) is 0 Å². The van der Waals surface area contributed by atoms with Crippen LogP contribution in [0.1, 0.15) is 12.0 Å². The van der Waals surface area contributed by atoms with E-state index in [1.165, 1.54) is 0 Å². The Morgan fingerprint density at radius 3 is 2.67 bits per heavy atom. The zero-order chi connectivity index (χ0) is 13.0. The van der Waals surface area contributed by atoms with Gasteiger partial charge in [0, 0.05) is 17.5 Å². The molecule has 0 saturated carbocycles. The van der Waals surface area contributed by atoms with Crippen molar-refractivity contribution in [1.29, 1.82) is 0 Å². The quantitative estimate of drug-likeness (QED) is 0.859. The predicted molar refractivity (Wildman–Crippen MR) is 69.5 cm³/mol. The highest BCUT2D eigenvalue weighted by Crippen LogP contribution is 2.15. The number of nitrogens with zero attached hydrogens (tertiary/aromatic N) is 1. The van der Waals surface area contributed by atoms with Crippen molar-refractivity contribution in [1.82, 2.24) is 10.2 Å². The number of benzene rings is 1. The van der Waals surface area contributed by atoms with Gasteiger partial charge in [0.25, 0.3) is 5.56 Å². The van der Waals surface area contributed by atoms with E-state index in [2.05, 4.69) is 10.2 Å². The summed E-state index contributed by atoms with van der Waals surface area (Å²) in [5.41, 5.74) is 1.81. The summed E-state index contributed by atoms with van der Waals surface area (Å²) in [5.74, 6) is 0. The molecule has 0 aliphatic heterocycles. The summed E-state index contributed by atoms with van der Waals surface area (Å²) >= 11 is 5.27. The summed E-state index contributed by atoms with van der Waals surface area (Å²) in [5, 5.41) is 5.96. The Hall–Kier alpha value is -1.94. The summed E-state index contributed by atoms with van der Waals surface area (Å²) in [4.78, 5) is 22.3. The first-order valence-corrected chi connectivity index (χ1v) is 5.87. The molecule has 0 aliphatic carbocycles. The van der Waals surface area contributed by atoms with Crippen LogP contribution in [0.25, 0.3) is 11.3 Å². The zero-order valence-corrected chi connectivity index (χ0v) is 10.3. The third-order valence-corrected chi connectivity index (χ3v) is 2.73. The molecule has 4 nitrogen and oxygen atoms in total. The van der Waals surface area contributed by atoms with Crippen LogP contribution in [-0.2, 0) is 11.2 Å². The van der Waals surface area contributed by atoms with Crippen LogP contribution in [0, 0.1) is 0 Å². The summed E-state index contributed by atoms with van der Waals surface area (Å²) in [6.07, 6.45) is 0.461. The van der Waals surface area contributed by atoms with Crippen LogP contribution in [0.2, 0.25) is 0 Å². The lowest BCUT2D eigenvalue weighted by molar-refractivity contribution is -0.111. The Bertz CT molecular complexity index is 608. The van der Waals surface area contributed by atoms with Crippen molar-refractivity contribution in [3.8, 4) is 11.3 Å². The first-order valence-electron chi connectivity index (χ1n) is 5.49. The molecule has 1 aromatic heterocycles. The molecule has 0 unspecified atom stereocenters. The number of H-pyrrole nitrogens is 1. The number of rotatable bonds is 4. The van der Waals surface area contributed by atoms with Crippen LogP contribution >= 0.6 is 11.6 Å². The van der Waals surface area contributed by atoms with Crippen LogP contribution in [0.3, 0.4) is 0 Å². The van der Waals surface area contributed by atoms with E-state index in [0.29, 0.717) is 17.7 Å². The SMILES string of the molecule is O=C(Cl)CCc1cc(-c2ccccc2)n[nH]c1=O. The number of aromatic nitrogens is 2. The number of nitrogens with one attached hydrogen (secondary N) is 1. The van der Waals surface area contributed by atoms with Crippen LogP contribution in [0.15, 0.2) is 41.2 Å². The minimum Gasteiger partial charge on any atom is -0.281 e. The minimum absolute atomic E-state index is 0.142. The van der Waals surface area contributed by atoms with E-state index in [1.54, 1.807) is 6.07 Å². The van der Waals surface area contributed by atoms with Gasteiger partial charge in [0.05, 0.1) is 5.69 Å². The molecule has 0 atom stereocenters. The average Bonchev–Trinajstić information content (AvgIpc) is 2.38. The normalized spacial score (nSPS) is 10.3. The van der Waals surface area contributed by atoms with Gasteiger partial charge in [-0.2, -0.15) is 5.10 Å². The Morgan fingerprint density at radius 1 is 1.28 bits per heavy atom. The number of carbonyl (C=O) groups excluding carboxylic acids is 1. The number of carbonyl (C=O) groups is 1. The van der Waals surface area contributed by atoms with E-state index < -0.39 is 5.24 Å². The van der Waals surface area contributed by atoms with E-state index in [0.717, 1.165) is 5.56 Å². The van der Waals surface area contributed by atoms with Crippen molar-refractivity contribution in [3.05, 3.63) is 52.3 Å². The zero-order valence-electron chi connectivity index (χ0n) is 9.52. The van der Waals surface area contributed by atoms with Gasteiger partial charge < -0.3 is 0 Å². The van der Waals surface area contributed by atoms with Gasteiger partial charge in [0.1, 0.15) is 0 Å². The first-order chi connectivity index (χ1) is 8.66. The second kappa shape index (κ2) is 5.60. The lowest BCUT2D eigenvalue weighted by Gasteiger charge is -2.02. The molecule has 0 fully saturated rings. The molecule has 92 valence electrons. The molecule has 1 heterocycles. The lowest BCUT2D eigenvalue weighted by Crippen LogP contribution is -2.15. The second-order valence-electron chi connectivity index (χ2n) is 3.83. The molecule has 1 aromatic carbocycles. The molecule has 5 heteroatoms. The van der Waals surface area contributed by atoms with Crippen molar-refractivity contribution in [2.24, 2.45) is 0 Å². The van der Waals surface area contributed by atoms with E-state index >= 15 is 0 Å². The standard InChI is InChI=1S/C13H11ClN2O2/c14-12(17)7-6-10-8-11(15-16-13(10)18)9-4-2-1-3-5-9/h1-5,8H,6-7H2,(H,16,18). The van der Waals surface area contributed by atoms with E-state index in [4.69, 9.17) is 11.6 Å². The van der Waals surface area contributed by atoms with Crippen LogP contribution in [0.5, 0.6) is 0 Å². The van der Waals surface area contributed by atoms with Gasteiger partial charge in [-0.05, 0) is 24.1 Å². The lowest BCUT2D eigenvalue weighted by atomic mass is 10.1. The molecular weight excluding hydrogens is 252 g/mol. The highest BCUT2D eigenvalue weighted by Gasteiger charge is 2.06. The summed E-state index contributed by atoms with van der Waals surface area (Å²) in [7, 11) is 0. The highest BCUT2D eigenvalue weighted by molar-refractivity contribution is 6.63. The molecule has 0 aliphatic rings. The average molecular weight is 263 g/mol. The smallest absolute Gasteiger partial charge is 0.267 e. The summed E-state index contributed by atoms with van der Waals surface area (Å²) in [6.45, 7) is 0. The number of hydrogen-bond acceptors (Lipinski definition) is 3. The minimum atomic E-state index is -0.451. The van der Waals surface area contributed by atoms with E-state index in [-0.39, 0.29) is 12.0 Å². The third-order valence-electron chi connectivity index (χ3n) is 2.54. The molecule has 18 heavy (non-hydrogen) atoms. The van der Waals surface area contributed by atoms with Gasteiger partial charge in [0.2, 0.25) is 5.24 Å². The molecule has 0 radical (unpaired) electrons. The van der Waals surface area contributed by atoms with Crippen molar-refractivity contribution < 1.29 is 4.79 Å². The fourth-order valence-electron chi connectivity index (χ4n) is 1.62. The Kier molecular flexibility index (Phi) is 3.89. The van der Waals surface area contributed by atoms with Crippen molar-refractivity contribution in [2.75, 3.05) is 0 Å². The van der Waals surface area contributed by atoms with Crippen LogP contribution in [0.4, 0.5) is 0 Å². The number of aromatic amines is 1. The molecule has 2 rings (SSSR count). The molecular formula is C13H11ClN2O2. The Balaban J connectivity index is 2.32. The van der Waals surface area contributed by atoms with Crippen LogP contribution in [-0.4, -0.2) is 15.4 Å². The summed E-state index contributed by atoms with van der Waals surface area (Å²) < 4.78 is 0. The van der Waals surface area contributed by atoms with Gasteiger partial charge >= 0.3 is 0 Å². The fourth-order valence-corrected chi connectivity index (χ4v) is 1.72. The number of hydrogen-bond donors (Lipinski definition) is 1. The van der Waals surface area contributed by atoms with Gasteiger partial charge in [-0.15, -0.1) is 0 Å². The number of halogens is 1. The maximum atomic E-state index is 11.5. The number of aryl methyl sites for hydroxylation is 1. The van der Waals surface area contributed by atoms with E-state index in [1.807, 2.05) is 30.3 Å².